The Morgan fingerprint density at radius 3 is 2.53 bits per heavy atom. The molecule has 4 atom stereocenters. The van der Waals surface area contributed by atoms with Crippen molar-refractivity contribution in [3.05, 3.63) is 0 Å². The van der Waals surface area contributed by atoms with Gasteiger partial charge < -0.3 is 10.6 Å². The van der Waals surface area contributed by atoms with Crippen molar-refractivity contribution in [3.8, 4) is 0 Å². The van der Waals surface area contributed by atoms with E-state index < -0.39 is 0 Å². The highest BCUT2D eigenvalue weighted by Crippen LogP contribution is 2.29. The number of nitrogens with two attached hydrogens (primary N) is 1. The lowest BCUT2D eigenvalue weighted by Crippen LogP contribution is -2.47. The average molecular weight is 266 g/mol. The third-order valence-electron chi connectivity index (χ3n) is 5.19. The Morgan fingerprint density at radius 1 is 1.05 bits per heavy atom. The van der Waals surface area contributed by atoms with Crippen molar-refractivity contribution < 1.29 is 4.79 Å². The first-order chi connectivity index (χ1) is 9.09. The zero-order chi connectivity index (χ0) is 13.8. The number of carbonyl (C=O) groups is 1. The molecule has 0 aromatic rings. The molecule has 0 saturated heterocycles. The summed E-state index contributed by atoms with van der Waals surface area (Å²) in [6, 6.07) is 0.533. The van der Waals surface area contributed by atoms with Crippen LogP contribution in [-0.2, 0) is 4.79 Å². The minimum atomic E-state index is 0.0738. The van der Waals surface area contributed by atoms with E-state index in [1.807, 2.05) is 11.9 Å². The summed E-state index contributed by atoms with van der Waals surface area (Å²) >= 11 is 0. The molecule has 2 aliphatic rings. The van der Waals surface area contributed by atoms with Crippen LogP contribution in [0.2, 0.25) is 0 Å². The van der Waals surface area contributed by atoms with Gasteiger partial charge in [-0.15, -0.1) is 0 Å². The Morgan fingerprint density at radius 2 is 1.79 bits per heavy atom. The van der Waals surface area contributed by atoms with Crippen LogP contribution in [0.3, 0.4) is 0 Å². The molecular weight excluding hydrogens is 236 g/mol. The molecule has 2 aliphatic carbocycles. The molecule has 4 unspecified atom stereocenters. The maximum atomic E-state index is 12.7. The maximum Gasteiger partial charge on any atom is 0.227 e. The summed E-state index contributed by atoms with van der Waals surface area (Å²) in [5.74, 6) is 1.15. The molecule has 3 heteroatoms. The molecule has 0 spiro atoms. The lowest BCUT2D eigenvalue weighted by atomic mass is 9.85. The molecule has 19 heavy (non-hydrogen) atoms. The molecule has 3 nitrogen and oxygen atoms in total. The van der Waals surface area contributed by atoms with E-state index in [0.29, 0.717) is 11.9 Å². The van der Waals surface area contributed by atoms with E-state index in [1.165, 1.54) is 44.9 Å². The molecule has 2 saturated carbocycles. The number of carbonyl (C=O) groups excluding carboxylic acids is 1. The highest BCUT2D eigenvalue weighted by atomic mass is 16.2. The van der Waals surface area contributed by atoms with Crippen LogP contribution < -0.4 is 5.73 Å². The minimum Gasteiger partial charge on any atom is -0.342 e. The molecule has 110 valence electrons. The molecule has 0 bridgehead atoms. The van der Waals surface area contributed by atoms with Crippen LogP contribution in [0.4, 0.5) is 0 Å². The lowest BCUT2D eigenvalue weighted by molar-refractivity contribution is -0.138. The predicted molar refractivity (Wildman–Crippen MR) is 78.7 cm³/mol. The van der Waals surface area contributed by atoms with Gasteiger partial charge in [-0.25, -0.2) is 0 Å². The highest BCUT2D eigenvalue weighted by Gasteiger charge is 2.33. The molecule has 1 amide bonds. The molecule has 0 radical (unpaired) electrons. The topological polar surface area (TPSA) is 46.3 Å². The molecule has 0 heterocycles. The van der Waals surface area contributed by atoms with E-state index in [-0.39, 0.29) is 12.0 Å². The largest absolute Gasteiger partial charge is 0.342 e. The van der Waals surface area contributed by atoms with Gasteiger partial charge in [0.2, 0.25) is 5.91 Å². The van der Waals surface area contributed by atoms with Gasteiger partial charge in [0.05, 0.1) is 5.92 Å². The maximum absolute atomic E-state index is 12.7. The van der Waals surface area contributed by atoms with Crippen molar-refractivity contribution in [3.63, 3.8) is 0 Å². The van der Waals surface area contributed by atoms with E-state index in [4.69, 9.17) is 5.73 Å². The van der Waals surface area contributed by atoms with E-state index in [2.05, 4.69) is 6.92 Å². The SMILES string of the molecule is CC1CCCC(N(C)C(=O)C2CCCCCC2N)C1. The molecular formula is C16H30N2O. The number of amides is 1. The quantitative estimate of drug-likeness (QED) is 0.781. The van der Waals surface area contributed by atoms with Crippen LogP contribution >= 0.6 is 0 Å². The summed E-state index contributed by atoms with van der Waals surface area (Å²) < 4.78 is 0. The van der Waals surface area contributed by atoms with Gasteiger partial charge in [0, 0.05) is 19.1 Å². The van der Waals surface area contributed by atoms with Crippen molar-refractivity contribution in [2.75, 3.05) is 7.05 Å². The second-order valence-electron chi connectivity index (χ2n) is 6.78. The second-order valence-corrected chi connectivity index (χ2v) is 6.78. The van der Waals surface area contributed by atoms with Gasteiger partial charge in [0.25, 0.3) is 0 Å². The number of rotatable bonds is 2. The van der Waals surface area contributed by atoms with Crippen LogP contribution in [0.5, 0.6) is 0 Å². The normalized spacial score (nSPS) is 36.6. The van der Waals surface area contributed by atoms with Crippen LogP contribution in [0.1, 0.15) is 64.7 Å². The van der Waals surface area contributed by atoms with Gasteiger partial charge in [-0.05, 0) is 31.6 Å². The van der Waals surface area contributed by atoms with Crippen LogP contribution in [0.25, 0.3) is 0 Å². The van der Waals surface area contributed by atoms with Gasteiger partial charge in [-0.1, -0.05) is 39.0 Å². The average Bonchev–Trinajstić information content (AvgIpc) is 2.62. The van der Waals surface area contributed by atoms with Gasteiger partial charge in [-0.2, -0.15) is 0 Å². The second kappa shape index (κ2) is 6.74. The highest BCUT2D eigenvalue weighted by molar-refractivity contribution is 5.79. The fourth-order valence-electron chi connectivity index (χ4n) is 3.84. The summed E-state index contributed by atoms with van der Waals surface area (Å²) in [7, 11) is 2.00. The lowest BCUT2D eigenvalue weighted by Gasteiger charge is -2.37. The Kier molecular flexibility index (Phi) is 5.26. The van der Waals surface area contributed by atoms with Crippen molar-refractivity contribution in [2.24, 2.45) is 17.6 Å². The van der Waals surface area contributed by atoms with Gasteiger partial charge in [0.15, 0.2) is 0 Å². The van der Waals surface area contributed by atoms with E-state index in [1.54, 1.807) is 0 Å². The van der Waals surface area contributed by atoms with Crippen LogP contribution in [0, 0.1) is 11.8 Å². The molecule has 0 aromatic carbocycles. The van der Waals surface area contributed by atoms with Crippen LogP contribution in [0.15, 0.2) is 0 Å². The monoisotopic (exact) mass is 266 g/mol. The fraction of sp³-hybridized carbons (Fsp3) is 0.938. The third-order valence-corrected chi connectivity index (χ3v) is 5.19. The Bertz CT molecular complexity index is 305. The van der Waals surface area contributed by atoms with Crippen molar-refractivity contribution in [2.45, 2.75) is 76.8 Å². The standard InChI is InChI=1S/C16H30N2O/c1-12-7-6-8-13(11-12)18(2)16(19)14-9-4-3-5-10-15(14)17/h12-15H,3-11,17H2,1-2H3. The smallest absolute Gasteiger partial charge is 0.227 e. The van der Waals surface area contributed by atoms with Crippen molar-refractivity contribution >= 4 is 5.91 Å². The first-order valence-corrected chi connectivity index (χ1v) is 8.12. The molecule has 2 N–H and O–H groups in total. The molecule has 0 aliphatic heterocycles. The summed E-state index contributed by atoms with van der Waals surface area (Å²) in [6.45, 7) is 2.31. The summed E-state index contributed by atoms with van der Waals surface area (Å²) in [4.78, 5) is 14.7. The predicted octanol–water partition coefficient (Wildman–Crippen LogP) is 2.93. The third kappa shape index (κ3) is 3.71. The van der Waals surface area contributed by atoms with Gasteiger partial charge in [0.1, 0.15) is 0 Å². The number of hydrogen-bond acceptors (Lipinski definition) is 2. The van der Waals surface area contributed by atoms with E-state index in [0.717, 1.165) is 18.8 Å². The van der Waals surface area contributed by atoms with E-state index in [9.17, 15) is 4.79 Å². The molecule has 2 fully saturated rings. The summed E-state index contributed by atoms with van der Waals surface area (Å²) in [6.07, 6.45) is 10.5. The van der Waals surface area contributed by atoms with Gasteiger partial charge >= 0.3 is 0 Å². The Balaban J connectivity index is 1.96. The Labute approximate surface area is 117 Å². The van der Waals surface area contributed by atoms with E-state index >= 15 is 0 Å². The first-order valence-electron chi connectivity index (χ1n) is 8.12. The van der Waals surface area contributed by atoms with Crippen molar-refractivity contribution in [1.82, 2.24) is 4.90 Å². The number of hydrogen-bond donors (Lipinski definition) is 1. The van der Waals surface area contributed by atoms with Crippen LogP contribution in [-0.4, -0.2) is 29.9 Å². The summed E-state index contributed by atoms with van der Waals surface area (Å²) in [5, 5.41) is 0. The summed E-state index contributed by atoms with van der Waals surface area (Å²) in [5.41, 5.74) is 6.23. The minimum absolute atomic E-state index is 0.0738. The van der Waals surface area contributed by atoms with Crippen molar-refractivity contribution in [1.29, 1.82) is 0 Å². The van der Waals surface area contributed by atoms with Gasteiger partial charge in [-0.3, -0.25) is 4.79 Å². The zero-order valence-corrected chi connectivity index (χ0v) is 12.6. The Hall–Kier alpha value is -0.570. The number of nitrogens with zero attached hydrogens (tertiary/aromatic N) is 1. The molecule has 2 rings (SSSR count). The zero-order valence-electron chi connectivity index (χ0n) is 12.6. The first kappa shape index (κ1) is 14.8. The fourth-order valence-corrected chi connectivity index (χ4v) is 3.84. The molecule has 0 aromatic heterocycles.